The zero-order valence-corrected chi connectivity index (χ0v) is 27.6. The number of rotatable bonds is 17. The summed E-state index contributed by atoms with van der Waals surface area (Å²) in [6.07, 6.45) is 7.85. The molecule has 208 valence electrons. The molecule has 4 heteroatoms. The average molecular weight is 625 g/mol. The van der Waals surface area contributed by atoms with Gasteiger partial charge in [0.15, 0.2) is 0 Å². The van der Waals surface area contributed by atoms with Gasteiger partial charge in [-0.15, -0.1) is 0 Å². The molecule has 0 fully saturated rings. The fourth-order valence-electron chi connectivity index (χ4n) is 5.87. The van der Waals surface area contributed by atoms with E-state index in [1.54, 1.807) is 10.7 Å². The summed E-state index contributed by atoms with van der Waals surface area (Å²) in [6.45, 7) is 12.5. The molecule has 0 amide bonds. The van der Waals surface area contributed by atoms with E-state index in [9.17, 15) is 0 Å². The summed E-state index contributed by atoms with van der Waals surface area (Å²) >= 11 is -2.87. The molecule has 0 aliphatic heterocycles. The Bertz CT molecular complexity index is 1090. The van der Waals surface area contributed by atoms with E-state index < -0.39 is 18.4 Å². The molecule has 0 aliphatic rings. The molecular weight excluding hydrogens is 575 g/mol. The van der Waals surface area contributed by atoms with Crippen LogP contribution >= 0.6 is 0 Å². The quantitative estimate of drug-likeness (QED) is 0.140. The third kappa shape index (κ3) is 7.91. The molecule has 3 aromatic carbocycles. The summed E-state index contributed by atoms with van der Waals surface area (Å²) in [4.78, 5) is 0. The van der Waals surface area contributed by atoms with Crippen LogP contribution in [0.5, 0.6) is 11.5 Å². The number of hydrogen-bond donors (Lipinski definition) is 0. The molecule has 0 radical (unpaired) electrons. The normalized spacial score (nSPS) is 11.9. The van der Waals surface area contributed by atoms with Crippen molar-refractivity contribution in [2.45, 2.75) is 106 Å². The number of unbranched alkanes of at least 4 members (excludes halogenated alkanes) is 3. The molecule has 0 saturated carbocycles. The average Bonchev–Trinajstić information content (AvgIpc) is 2.93. The van der Waals surface area contributed by atoms with Gasteiger partial charge in [-0.05, 0) is 0 Å². The van der Waals surface area contributed by atoms with Crippen LogP contribution < -0.4 is 13.1 Å². The summed E-state index contributed by atoms with van der Waals surface area (Å²) in [5.74, 6) is 1.84. The van der Waals surface area contributed by atoms with Gasteiger partial charge in [-0.1, -0.05) is 0 Å². The van der Waals surface area contributed by atoms with Crippen molar-refractivity contribution in [3.8, 4) is 11.5 Å². The monoisotopic (exact) mass is 626 g/mol. The molecule has 0 saturated heterocycles. The molecular formula is C34H50O3Sn. The van der Waals surface area contributed by atoms with Gasteiger partial charge in [-0.2, -0.15) is 0 Å². The van der Waals surface area contributed by atoms with E-state index in [0.29, 0.717) is 13.2 Å². The second-order valence-electron chi connectivity index (χ2n) is 11.0. The van der Waals surface area contributed by atoms with E-state index in [0.717, 1.165) is 16.9 Å². The van der Waals surface area contributed by atoms with Gasteiger partial charge in [0.1, 0.15) is 0 Å². The maximum atomic E-state index is 6.45. The molecule has 0 aliphatic carbocycles. The van der Waals surface area contributed by atoms with Crippen molar-refractivity contribution in [1.82, 2.24) is 0 Å². The Morgan fingerprint density at radius 2 is 1.37 bits per heavy atom. The standard InChI is InChI=1S/C22H23O3.3C4H9.Sn/c1-16(2)25-20-11-7-10-19-12-18(13-21(23-3)22(19)20)15-24-14-17-8-5-4-6-9-17;3*1-3-4-2;/h4-11,13,16H,14-15H2,1-3H3;3*1,3-4H2,2H3;. The Hall–Kier alpha value is -1.72. The zero-order valence-electron chi connectivity index (χ0n) is 24.8. The summed E-state index contributed by atoms with van der Waals surface area (Å²) in [7, 11) is 1.79. The first-order valence-electron chi connectivity index (χ1n) is 14.9. The first-order chi connectivity index (χ1) is 18.5. The van der Waals surface area contributed by atoms with Gasteiger partial charge in [0.05, 0.1) is 0 Å². The number of methoxy groups -OCH3 is 1. The predicted octanol–water partition coefficient (Wildman–Crippen LogP) is 9.41. The summed E-state index contributed by atoms with van der Waals surface area (Å²) in [5.41, 5.74) is 2.57. The van der Waals surface area contributed by atoms with Crippen LogP contribution in [0, 0.1) is 0 Å². The molecule has 0 spiro atoms. The summed E-state index contributed by atoms with van der Waals surface area (Å²) in [6, 6.07) is 19.5. The minimum atomic E-state index is -2.87. The maximum absolute atomic E-state index is 6.45. The SMILES string of the molecule is CCC[CH2][Sn]([CH2]CCC)([CH2]CCC)[c]1c(COCc2ccccc2)cc(OC)c2c(OC(C)C)cccc12. The fraction of sp³-hybridized carbons (Fsp3) is 0.529. The van der Waals surface area contributed by atoms with Crippen molar-refractivity contribution in [2.75, 3.05) is 7.11 Å². The van der Waals surface area contributed by atoms with Crippen LogP contribution in [0.1, 0.15) is 84.3 Å². The fourth-order valence-corrected chi connectivity index (χ4v) is 23.6. The van der Waals surface area contributed by atoms with Crippen molar-refractivity contribution in [3.05, 3.63) is 65.7 Å². The predicted molar refractivity (Wildman–Crippen MR) is 166 cm³/mol. The van der Waals surface area contributed by atoms with Crippen LogP contribution in [0.25, 0.3) is 10.8 Å². The number of ether oxygens (including phenoxy) is 3. The second kappa shape index (κ2) is 15.8. The Morgan fingerprint density at radius 1 is 0.737 bits per heavy atom. The van der Waals surface area contributed by atoms with Crippen LogP contribution in [0.15, 0.2) is 54.6 Å². The van der Waals surface area contributed by atoms with Crippen LogP contribution in [0.3, 0.4) is 0 Å². The van der Waals surface area contributed by atoms with Crippen molar-refractivity contribution >= 4 is 32.7 Å². The van der Waals surface area contributed by atoms with Gasteiger partial charge in [-0.3, -0.25) is 0 Å². The first kappa shape index (κ1) is 30.8. The Morgan fingerprint density at radius 3 is 1.92 bits per heavy atom. The second-order valence-corrected chi connectivity index (χ2v) is 24.0. The van der Waals surface area contributed by atoms with Crippen LogP contribution in [-0.2, 0) is 18.0 Å². The van der Waals surface area contributed by atoms with Crippen LogP contribution in [0.2, 0.25) is 13.3 Å². The van der Waals surface area contributed by atoms with E-state index in [1.165, 1.54) is 68.3 Å². The van der Waals surface area contributed by atoms with Crippen molar-refractivity contribution in [3.63, 3.8) is 0 Å². The number of hydrogen-bond acceptors (Lipinski definition) is 3. The molecule has 0 aromatic heterocycles. The first-order valence-corrected chi connectivity index (χ1v) is 22.4. The van der Waals surface area contributed by atoms with E-state index in [2.05, 4.69) is 89.2 Å². The molecule has 0 heterocycles. The van der Waals surface area contributed by atoms with Crippen molar-refractivity contribution in [1.29, 1.82) is 0 Å². The zero-order chi connectivity index (χ0) is 27.4. The number of benzene rings is 3. The van der Waals surface area contributed by atoms with Crippen LogP contribution in [-0.4, -0.2) is 31.6 Å². The molecule has 3 rings (SSSR count). The van der Waals surface area contributed by atoms with Crippen molar-refractivity contribution < 1.29 is 14.2 Å². The van der Waals surface area contributed by atoms with E-state index in [-0.39, 0.29) is 6.10 Å². The molecule has 0 atom stereocenters. The molecule has 38 heavy (non-hydrogen) atoms. The van der Waals surface area contributed by atoms with Gasteiger partial charge in [0.25, 0.3) is 0 Å². The molecule has 3 aromatic rings. The van der Waals surface area contributed by atoms with Gasteiger partial charge in [0, 0.05) is 0 Å². The van der Waals surface area contributed by atoms with Crippen LogP contribution in [0.4, 0.5) is 0 Å². The van der Waals surface area contributed by atoms with Crippen molar-refractivity contribution in [2.24, 2.45) is 0 Å². The van der Waals surface area contributed by atoms with Gasteiger partial charge < -0.3 is 0 Å². The van der Waals surface area contributed by atoms with E-state index >= 15 is 0 Å². The third-order valence-corrected chi connectivity index (χ3v) is 23.6. The molecule has 0 bridgehead atoms. The van der Waals surface area contributed by atoms with Gasteiger partial charge in [0.2, 0.25) is 0 Å². The molecule has 0 unspecified atom stereocenters. The number of fused-ring (bicyclic) bond motifs is 1. The Balaban J connectivity index is 2.24. The van der Waals surface area contributed by atoms with Gasteiger partial charge >= 0.3 is 237 Å². The Labute approximate surface area is 236 Å². The van der Waals surface area contributed by atoms with E-state index in [1.807, 2.05) is 0 Å². The summed E-state index contributed by atoms with van der Waals surface area (Å²) < 4.78 is 24.8. The summed E-state index contributed by atoms with van der Waals surface area (Å²) in [5, 5.41) is 2.51. The Kier molecular flexibility index (Phi) is 12.8. The molecule has 0 N–H and O–H groups in total. The van der Waals surface area contributed by atoms with E-state index in [4.69, 9.17) is 14.2 Å². The minimum absolute atomic E-state index is 0.108. The molecule has 3 nitrogen and oxygen atoms in total. The van der Waals surface area contributed by atoms with Gasteiger partial charge in [-0.25, -0.2) is 0 Å². The topological polar surface area (TPSA) is 27.7 Å². The third-order valence-electron chi connectivity index (χ3n) is 7.68.